The van der Waals surface area contributed by atoms with Crippen molar-refractivity contribution in [3.05, 3.63) is 35.4 Å². The largest absolute Gasteiger partial charge is 0.381 e. The molecule has 3 heterocycles. The van der Waals surface area contributed by atoms with Crippen molar-refractivity contribution in [1.82, 2.24) is 25.7 Å². The summed E-state index contributed by atoms with van der Waals surface area (Å²) in [5, 5.41) is 16.6. The van der Waals surface area contributed by atoms with Crippen LogP contribution in [-0.4, -0.2) is 39.5 Å². The van der Waals surface area contributed by atoms with Gasteiger partial charge >= 0.3 is 0 Å². The summed E-state index contributed by atoms with van der Waals surface area (Å²) in [4.78, 5) is 12.4. The summed E-state index contributed by atoms with van der Waals surface area (Å²) < 4.78 is 5.37. The van der Waals surface area contributed by atoms with Crippen LogP contribution in [0.5, 0.6) is 0 Å². The molecule has 3 N–H and O–H groups in total. The number of carbonyl (C=O) groups excluding carboxylic acids is 1. The van der Waals surface area contributed by atoms with Crippen molar-refractivity contribution >= 4 is 5.91 Å². The summed E-state index contributed by atoms with van der Waals surface area (Å²) >= 11 is 0. The topological polar surface area (TPSA) is 95.7 Å². The molecule has 3 rings (SSSR count). The third-order valence-electron chi connectivity index (χ3n) is 3.91. The highest BCUT2D eigenvalue weighted by atomic mass is 16.5. The molecule has 1 unspecified atom stereocenters. The summed E-state index contributed by atoms with van der Waals surface area (Å²) in [6, 6.07) is -0.103. The van der Waals surface area contributed by atoms with E-state index in [9.17, 15) is 4.79 Å². The van der Waals surface area contributed by atoms with Gasteiger partial charge in [-0.15, -0.1) is 0 Å². The average Bonchev–Trinajstić information content (AvgIpc) is 3.19. The number of hydrogen-bond donors (Lipinski definition) is 3. The number of nitrogens with zero attached hydrogens (tertiary/aromatic N) is 2. The van der Waals surface area contributed by atoms with Gasteiger partial charge in [-0.25, -0.2) is 0 Å². The van der Waals surface area contributed by atoms with Crippen molar-refractivity contribution in [2.45, 2.75) is 31.7 Å². The van der Waals surface area contributed by atoms with Gasteiger partial charge in [-0.1, -0.05) is 0 Å². The zero-order chi connectivity index (χ0) is 14.7. The van der Waals surface area contributed by atoms with Gasteiger partial charge in [0.1, 0.15) is 0 Å². The first-order chi connectivity index (χ1) is 10.3. The highest BCUT2D eigenvalue weighted by molar-refractivity contribution is 5.95. The number of ether oxygens (including phenoxy) is 1. The maximum Gasteiger partial charge on any atom is 0.255 e. The van der Waals surface area contributed by atoms with E-state index in [4.69, 9.17) is 4.74 Å². The van der Waals surface area contributed by atoms with E-state index >= 15 is 0 Å². The van der Waals surface area contributed by atoms with Gasteiger partial charge < -0.3 is 10.1 Å². The van der Waals surface area contributed by atoms with Crippen LogP contribution in [0, 0.1) is 0 Å². The molecule has 21 heavy (non-hydrogen) atoms. The second-order valence-corrected chi connectivity index (χ2v) is 5.31. The van der Waals surface area contributed by atoms with Gasteiger partial charge in [0.2, 0.25) is 0 Å². The van der Waals surface area contributed by atoms with E-state index < -0.39 is 0 Å². The number of aromatic amines is 2. The standard InChI is InChI=1S/C14H19N5O2/c1-9(11-6-15-16-7-11)18-14(20)12-8-17-19-13(12)10-2-4-21-5-3-10/h6-10H,2-5H2,1H3,(H,15,16)(H,17,19)(H,18,20). The minimum atomic E-state index is -0.112. The molecule has 1 amide bonds. The minimum Gasteiger partial charge on any atom is -0.381 e. The third kappa shape index (κ3) is 2.97. The smallest absolute Gasteiger partial charge is 0.255 e. The van der Waals surface area contributed by atoms with Gasteiger partial charge in [0, 0.05) is 30.9 Å². The van der Waals surface area contributed by atoms with E-state index in [1.54, 1.807) is 18.6 Å². The van der Waals surface area contributed by atoms with Crippen LogP contribution < -0.4 is 5.32 Å². The van der Waals surface area contributed by atoms with E-state index in [2.05, 4.69) is 25.7 Å². The normalized spacial score (nSPS) is 17.6. The molecule has 1 aliphatic rings. The quantitative estimate of drug-likeness (QED) is 0.795. The summed E-state index contributed by atoms with van der Waals surface area (Å²) in [5.41, 5.74) is 2.48. The van der Waals surface area contributed by atoms with Crippen LogP contribution in [0.3, 0.4) is 0 Å². The predicted molar refractivity (Wildman–Crippen MR) is 75.9 cm³/mol. The Kier molecular flexibility index (Phi) is 4.01. The molecular formula is C14H19N5O2. The summed E-state index contributed by atoms with van der Waals surface area (Å²) in [5.74, 6) is 0.199. The molecular weight excluding hydrogens is 270 g/mol. The Morgan fingerprint density at radius 3 is 2.90 bits per heavy atom. The number of hydrogen-bond acceptors (Lipinski definition) is 4. The van der Waals surface area contributed by atoms with Crippen molar-refractivity contribution in [3.8, 4) is 0 Å². The summed E-state index contributed by atoms with van der Waals surface area (Å²) in [6.07, 6.45) is 6.92. The van der Waals surface area contributed by atoms with Gasteiger partial charge in [0.25, 0.3) is 5.91 Å². The molecule has 0 aliphatic carbocycles. The van der Waals surface area contributed by atoms with E-state index in [-0.39, 0.29) is 11.9 Å². The fourth-order valence-corrected chi connectivity index (χ4v) is 2.63. The fraction of sp³-hybridized carbons (Fsp3) is 0.500. The molecule has 0 bridgehead atoms. The number of aromatic nitrogens is 4. The van der Waals surface area contributed by atoms with Crippen molar-refractivity contribution in [1.29, 1.82) is 0 Å². The lowest BCUT2D eigenvalue weighted by atomic mass is 9.93. The number of nitrogens with one attached hydrogen (secondary N) is 3. The number of H-pyrrole nitrogens is 2. The molecule has 1 atom stereocenters. The molecule has 7 heteroatoms. The van der Waals surface area contributed by atoms with Crippen LogP contribution in [0.4, 0.5) is 0 Å². The molecule has 0 aromatic carbocycles. The Hall–Kier alpha value is -2.15. The SMILES string of the molecule is CC(NC(=O)c1cn[nH]c1C1CCOCC1)c1cn[nH]c1. The number of rotatable bonds is 4. The van der Waals surface area contributed by atoms with Crippen LogP contribution in [0.1, 0.15) is 53.3 Å². The second kappa shape index (κ2) is 6.09. The Morgan fingerprint density at radius 1 is 1.38 bits per heavy atom. The third-order valence-corrected chi connectivity index (χ3v) is 3.91. The predicted octanol–water partition coefficient (Wildman–Crippen LogP) is 1.52. The lowest BCUT2D eigenvalue weighted by molar-refractivity contribution is 0.0832. The van der Waals surface area contributed by atoms with Crippen LogP contribution in [0.2, 0.25) is 0 Å². The Bertz CT molecular complexity index is 586. The molecule has 7 nitrogen and oxygen atoms in total. The van der Waals surface area contributed by atoms with Crippen LogP contribution in [0.15, 0.2) is 18.6 Å². The molecule has 2 aromatic rings. The van der Waals surface area contributed by atoms with E-state index in [0.717, 1.165) is 37.3 Å². The maximum absolute atomic E-state index is 12.4. The lowest BCUT2D eigenvalue weighted by Gasteiger charge is -2.22. The summed E-state index contributed by atoms with van der Waals surface area (Å²) in [6.45, 7) is 3.39. The van der Waals surface area contributed by atoms with Gasteiger partial charge in [0.15, 0.2) is 0 Å². The zero-order valence-corrected chi connectivity index (χ0v) is 11.9. The molecule has 112 valence electrons. The number of amides is 1. The molecule has 2 aromatic heterocycles. The first-order valence-electron chi connectivity index (χ1n) is 7.16. The van der Waals surface area contributed by atoms with E-state index in [1.807, 2.05) is 6.92 Å². The van der Waals surface area contributed by atoms with Gasteiger partial charge in [-0.05, 0) is 19.8 Å². The Labute approximate surface area is 122 Å². The van der Waals surface area contributed by atoms with Crippen molar-refractivity contribution < 1.29 is 9.53 Å². The van der Waals surface area contributed by atoms with E-state index in [0.29, 0.717) is 11.5 Å². The summed E-state index contributed by atoms with van der Waals surface area (Å²) in [7, 11) is 0. The van der Waals surface area contributed by atoms with Crippen molar-refractivity contribution in [3.63, 3.8) is 0 Å². The van der Waals surface area contributed by atoms with E-state index in [1.165, 1.54) is 0 Å². The highest BCUT2D eigenvalue weighted by Crippen LogP contribution is 2.27. The van der Waals surface area contributed by atoms with Crippen LogP contribution in [0.25, 0.3) is 0 Å². The van der Waals surface area contributed by atoms with Gasteiger partial charge in [0.05, 0.1) is 29.7 Å². The molecule has 0 saturated carbocycles. The lowest BCUT2D eigenvalue weighted by Crippen LogP contribution is -2.28. The molecule has 1 saturated heterocycles. The maximum atomic E-state index is 12.4. The molecule has 0 spiro atoms. The van der Waals surface area contributed by atoms with Crippen LogP contribution >= 0.6 is 0 Å². The van der Waals surface area contributed by atoms with Crippen molar-refractivity contribution in [2.75, 3.05) is 13.2 Å². The van der Waals surface area contributed by atoms with Gasteiger partial charge in [-0.2, -0.15) is 10.2 Å². The number of carbonyl (C=O) groups is 1. The van der Waals surface area contributed by atoms with Crippen molar-refractivity contribution in [2.24, 2.45) is 0 Å². The second-order valence-electron chi connectivity index (χ2n) is 5.31. The van der Waals surface area contributed by atoms with Gasteiger partial charge in [-0.3, -0.25) is 15.0 Å². The monoisotopic (exact) mass is 289 g/mol. The minimum absolute atomic E-state index is 0.103. The average molecular weight is 289 g/mol. The molecule has 1 fully saturated rings. The Balaban J connectivity index is 1.71. The van der Waals surface area contributed by atoms with Crippen LogP contribution in [-0.2, 0) is 4.74 Å². The zero-order valence-electron chi connectivity index (χ0n) is 11.9. The first-order valence-corrected chi connectivity index (χ1v) is 7.16. The first kappa shape index (κ1) is 13.8. The molecule has 1 aliphatic heterocycles. The fourth-order valence-electron chi connectivity index (χ4n) is 2.63. The Morgan fingerprint density at radius 2 is 2.19 bits per heavy atom. The molecule has 0 radical (unpaired) electrons. The highest BCUT2D eigenvalue weighted by Gasteiger charge is 2.24.